The van der Waals surface area contributed by atoms with Crippen LogP contribution in [0.3, 0.4) is 0 Å². The van der Waals surface area contributed by atoms with Crippen LogP contribution in [0.5, 0.6) is 0 Å². The van der Waals surface area contributed by atoms with Gasteiger partial charge in [-0.25, -0.2) is 4.79 Å². The first-order valence-corrected chi connectivity index (χ1v) is 9.93. The van der Waals surface area contributed by atoms with Crippen molar-refractivity contribution < 1.29 is 9.90 Å². The summed E-state index contributed by atoms with van der Waals surface area (Å²) in [6.07, 6.45) is 8.65. The predicted octanol–water partition coefficient (Wildman–Crippen LogP) is 1.82. The van der Waals surface area contributed by atoms with Crippen LogP contribution in [0.1, 0.15) is 40.9 Å². The van der Waals surface area contributed by atoms with Gasteiger partial charge in [0, 0.05) is 43.2 Å². The highest BCUT2D eigenvalue weighted by atomic mass is 16.4. The van der Waals surface area contributed by atoms with Gasteiger partial charge in [0.05, 0.1) is 5.69 Å². The zero-order valence-corrected chi connectivity index (χ0v) is 15.7. The molecule has 0 saturated carbocycles. The summed E-state index contributed by atoms with van der Waals surface area (Å²) in [5.74, 6) is -0.886. The molecule has 2 N–H and O–H groups in total. The Morgan fingerprint density at radius 1 is 1.19 bits per heavy atom. The summed E-state index contributed by atoms with van der Waals surface area (Å²) in [6.45, 7) is 6.02. The standard InChI is InChI=1S/C20H27N5O2/c26-20(27)19-17-5-4-15-14-22-8-6-16(15)18(17)23-25(19)12-3-7-21-9-13-24-10-1-2-11-24/h6,8,14,21H,1-5,7,9-13H2,(H,26,27). The molecule has 1 saturated heterocycles. The summed E-state index contributed by atoms with van der Waals surface area (Å²) >= 11 is 0. The van der Waals surface area contributed by atoms with Crippen molar-refractivity contribution in [3.63, 3.8) is 0 Å². The van der Waals surface area contributed by atoms with Crippen molar-refractivity contribution in [2.45, 2.75) is 38.6 Å². The van der Waals surface area contributed by atoms with Crippen molar-refractivity contribution in [1.82, 2.24) is 25.0 Å². The van der Waals surface area contributed by atoms with Crippen LogP contribution in [0.2, 0.25) is 0 Å². The maximum Gasteiger partial charge on any atom is 0.354 e. The molecule has 2 aliphatic rings. The van der Waals surface area contributed by atoms with E-state index in [1.165, 1.54) is 25.9 Å². The summed E-state index contributed by atoms with van der Waals surface area (Å²) in [6, 6.07) is 1.94. The molecule has 4 rings (SSSR count). The third-order valence-electron chi connectivity index (χ3n) is 5.58. The summed E-state index contributed by atoms with van der Waals surface area (Å²) in [5.41, 5.74) is 4.21. The molecule has 3 heterocycles. The van der Waals surface area contributed by atoms with Crippen LogP contribution < -0.4 is 5.32 Å². The fraction of sp³-hybridized carbons (Fsp3) is 0.550. The summed E-state index contributed by atoms with van der Waals surface area (Å²) < 4.78 is 1.69. The number of carboxylic acid groups (broad SMARTS) is 1. The molecule has 0 radical (unpaired) electrons. The first-order chi connectivity index (χ1) is 13.2. The Morgan fingerprint density at radius 3 is 2.85 bits per heavy atom. The number of pyridine rings is 1. The molecular formula is C20H27N5O2. The van der Waals surface area contributed by atoms with Gasteiger partial charge in [-0.15, -0.1) is 0 Å². The lowest BCUT2D eigenvalue weighted by atomic mass is 9.90. The van der Waals surface area contributed by atoms with Gasteiger partial charge in [0.2, 0.25) is 0 Å². The summed E-state index contributed by atoms with van der Waals surface area (Å²) in [4.78, 5) is 18.5. The second-order valence-corrected chi connectivity index (χ2v) is 7.39. The van der Waals surface area contributed by atoms with E-state index in [1.807, 2.05) is 12.3 Å². The average molecular weight is 369 g/mol. The number of hydrogen-bond donors (Lipinski definition) is 2. The maximum atomic E-state index is 11.9. The minimum atomic E-state index is -0.886. The van der Waals surface area contributed by atoms with Gasteiger partial charge in [0.15, 0.2) is 0 Å². The van der Waals surface area contributed by atoms with Crippen LogP contribution in [-0.4, -0.2) is 63.5 Å². The van der Waals surface area contributed by atoms with Crippen LogP contribution in [0.4, 0.5) is 0 Å². The molecule has 0 unspecified atom stereocenters. The maximum absolute atomic E-state index is 11.9. The van der Waals surface area contributed by atoms with E-state index < -0.39 is 5.97 Å². The van der Waals surface area contributed by atoms with Gasteiger partial charge in [-0.05, 0) is 63.4 Å². The Bertz CT molecular complexity index is 811. The minimum Gasteiger partial charge on any atom is -0.477 e. The number of aryl methyl sites for hydroxylation is 2. The normalized spacial score (nSPS) is 16.3. The number of carbonyl (C=O) groups is 1. The van der Waals surface area contributed by atoms with Gasteiger partial charge in [-0.2, -0.15) is 5.10 Å². The van der Waals surface area contributed by atoms with E-state index in [-0.39, 0.29) is 0 Å². The lowest BCUT2D eigenvalue weighted by Crippen LogP contribution is -2.30. The van der Waals surface area contributed by atoms with Crippen LogP contribution >= 0.6 is 0 Å². The van der Waals surface area contributed by atoms with Gasteiger partial charge in [-0.1, -0.05) is 0 Å². The number of aromatic nitrogens is 3. The van der Waals surface area contributed by atoms with Crippen molar-refractivity contribution in [2.24, 2.45) is 0 Å². The van der Waals surface area contributed by atoms with Crippen LogP contribution in [0.15, 0.2) is 18.5 Å². The van der Waals surface area contributed by atoms with E-state index in [9.17, 15) is 9.90 Å². The Labute approximate surface area is 159 Å². The molecule has 144 valence electrons. The zero-order valence-electron chi connectivity index (χ0n) is 15.7. The number of fused-ring (bicyclic) bond motifs is 3. The van der Waals surface area contributed by atoms with E-state index in [1.54, 1.807) is 10.9 Å². The number of aromatic carboxylic acids is 1. The first-order valence-electron chi connectivity index (χ1n) is 9.93. The number of likely N-dealkylation sites (tertiary alicyclic amines) is 1. The van der Waals surface area contributed by atoms with E-state index in [2.05, 4.69) is 20.3 Å². The van der Waals surface area contributed by atoms with E-state index in [0.717, 1.165) is 54.9 Å². The average Bonchev–Trinajstić information content (AvgIpc) is 3.31. The molecule has 7 nitrogen and oxygen atoms in total. The van der Waals surface area contributed by atoms with Crippen LogP contribution in [0.25, 0.3) is 11.3 Å². The fourth-order valence-electron chi connectivity index (χ4n) is 4.19. The van der Waals surface area contributed by atoms with Crippen molar-refractivity contribution in [3.8, 4) is 11.3 Å². The molecule has 2 aromatic rings. The summed E-state index contributed by atoms with van der Waals surface area (Å²) in [5, 5.41) is 17.9. The lowest BCUT2D eigenvalue weighted by molar-refractivity contribution is 0.0681. The zero-order chi connectivity index (χ0) is 18.6. The number of carboxylic acids is 1. The largest absolute Gasteiger partial charge is 0.477 e. The van der Waals surface area contributed by atoms with Crippen molar-refractivity contribution in [2.75, 3.05) is 32.7 Å². The monoisotopic (exact) mass is 369 g/mol. The van der Waals surface area contributed by atoms with Crippen molar-refractivity contribution >= 4 is 5.97 Å². The Kier molecular flexibility index (Phi) is 5.50. The van der Waals surface area contributed by atoms with Crippen molar-refractivity contribution in [3.05, 3.63) is 35.3 Å². The van der Waals surface area contributed by atoms with Crippen LogP contribution in [-0.2, 0) is 19.4 Å². The molecule has 2 aromatic heterocycles. The number of nitrogens with one attached hydrogen (secondary N) is 1. The second kappa shape index (κ2) is 8.19. The van der Waals surface area contributed by atoms with E-state index in [0.29, 0.717) is 18.7 Å². The highest BCUT2D eigenvalue weighted by Gasteiger charge is 2.27. The molecule has 0 amide bonds. The first kappa shape index (κ1) is 18.1. The molecular weight excluding hydrogens is 342 g/mol. The van der Waals surface area contributed by atoms with Gasteiger partial charge in [0.1, 0.15) is 5.69 Å². The van der Waals surface area contributed by atoms with Gasteiger partial charge in [0.25, 0.3) is 0 Å². The highest BCUT2D eigenvalue weighted by molar-refractivity contribution is 5.90. The Balaban J connectivity index is 1.38. The van der Waals surface area contributed by atoms with Gasteiger partial charge >= 0.3 is 5.97 Å². The molecule has 1 fully saturated rings. The minimum absolute atomic E-state index is 0.351. The number of hydrogen-bond acceptors (Lipinski definition) is 5. The van der Waals surface area contributed by atoms with Crippen LogP contribution in [0, 0.1) is 0 Å². The Hall–Kier alpha value is -2.25. The predicted molar refractivity (Wildman–Crippen MR) is 103 cm³/mol. The molecule has 1 aliphatic heterocycles. The number of nitrogens with zero attached hydrogens (tertiary/aromatic N) is 4. The van der Waals surface area contributed by atoms with Gasteiger partial charge < -0.3 is 15.3 Å². The molecule has 7 heteroatoms. The molecule has 0 aromatic carbocycles. The Morgan fingerprint density at radius 2 is 2.04 bits per heavy atom. The third kappa shape index (κ3) is 3.89. The fourth-order valence-corrected chi connectivity index (χ4v) is 4.19. The molecule has 0 atom stereocenters. The highest BCUT2D eigenvalue weighted by Crippen LogP contribution is 2.34. The topological polar surface area (TPSA) is 83.3 Å². The van der Waals surface area contributed by atoms with E-state index >= 15 is 0 Å². The third-order valence-corrected chi connectivity index (χ3v) is 5.58. The lowest BCUT2D eigenvalue weighted by Gasteiger charge is -2.14. The molecule has 27 heavy (non-hydrogen) atoms. The summed E-state index contributed by atoms with van der Waals surface area (Å²) in [7, 11) is 0. The van der Waals surface area contributed by atoms with Gasteiger partial charge in [-0.3, -0.25) is 9.67 Å². The molecule has 0 bridgehead atoms. The second-order valence-electron chi connectivity index (χ2n) is 7.39. The quantitative estimate of drug-likeness (QED) is 0.691. The number of rotatable bonds is 8. The molecule has 0 spiro atoms. The SMILES string of the molecule is O=C(O)c1c2c(nn1CCCNCCN1CCCC1)-c1ccncc1CC2. The van der Waals surface area contributed by atoms with E-state index in [4.69, 9.17) is 0 Å². The molecule has 1 aliphatic carbocycles. The van der Waals surface area contributed by atoms with Crippen molar-refractivity contribution in [1.29, 1.82) is 0 Å². The smallest absolute Gasteiger partial charge is 0.354 e.